The predicted molar refractivity (Wildman–Crippen MR) is 78.2 cm³/mol. The second-order valence-corrected chi connectivity index (χ2v) is 4.59. The molecule has 0 fully saturated rings. The van der Waals surface area contributed by atoms with E-state index >= 15 is 0 Å². The predicted octanol–water partition coefficient (Wildman–Crippen LogP) is 2.18. The molecule has 0 heterocycles. The summed E-state index contributed by atoms with van der Waals surface area (Å²) in [4.78, 5) is 13.6. The van der Waals surface area contributed by atoms with Crippen molar-refractivity contribution in [1.29, 1.82) is 0 Å². The molecule has 2 N–H and O–H groups in total. The quantitative estimate of drug-likeness (QED) is 0.731. The summed E-state index contributed by atoms with van der Waals surface area (Å²) in [6.45, 7) is 3.91. The molecule has 0 saturated carbocycles. The lowest BCUT2D eigenvalue weighted by molar-refractivity contribution is -0.142. The molecule has 4 heteroatoms. The molecule has 1 aromatic rings. The first kappa shape index (κ1) is 15.5. The number of para-hydroxylation sites is 1. The van der Waals surface area contributed by atoms with Gasteiger partial charge in [0.25, 0.3) is 0 Å². The number of hydrogen-bond acceptors (Lipinski definition) is 4. The van der Waals surface area contributed by atoms with E-state index in [1.807, 2.05) is 18.2 Å². The zero-order valence-corrected chi connectivity index (χ0v) is 11.8. The lowest BCUT2D eigenvalue weighted by Crippen LogP contribution is -2.36. The lowest BCUT2D eigenvalue weighted by atomic mass is 10.2. The highest BCUT2D eigenvalue weighted by atomic mass is 16.5. The molecular formula is C15H24N2O2. The summed E-state index contributed by atoms with van der Waals surface area (Å²) in [5.41, 5.74) is 6.96. The zero-order valence-electron chi connectivity index (χ0n) is 11.8. The first-order chi connectivity index (χ1) is 9.19. The van der Waals surface area contributed by atoms with Crippen LogP contribution in [-0.2, 0) is 9.53 Å². The van der Waals surface area contributed by atoms with E-state index in [2.05, 4.69) is 28.7 Å². The third-order valence-corrected chi connectivity index (χ3v) is 3.12. The van der Waals surface area contributed by atoms with E-state index in [0.29, 0.717) is 6.42 Å². The highest BCUT2D eigenvalue weighted by Crippen LogP contribution is 2.15. The molecule has 1 unspecified atom stereocenters. The summed E-state index contributed by atoms with van der Waals surface area (Å²) >= 11 is 0. The molecule has 1 rings (SSSR count). The van der Waals surface area contributed by atoms with Crippen LogP contribution in [0.5, 0.6) is 0 Å². The van der Waals surface area contributed by atoms with Crippen LogP contribution in [0.25, 0.3) is 0 Å². The molecule has 0 amide bonds. The molecule has 0 aromatic heterocycles. The second kappa shape index (κ2) is 8.53. The molecule has 0 saturated heterocycles. The number of carbonyl (C=O) groups is 1. The number of nitrogens with two attached hydrogens (primary N) is 1. The first-order valence-corrected chi connectivity index (χ1v) is 6.82. The average molecular weight is 264 g/mol. The van der Waals surface area contributed by atoms with Gasteiger partial charge in [0.15, 0.2) is 0 Å². The van der Waals surface area contributed by atoms with Gasteiger partial charge < -0.3 is 15.4 Å². The summed E-state index contributed by atoms with van der Waals surface area (Å²) in [5.74, 6) is -0.344. The van der Waals surface area contributed by atoms with Gasteiger partial charge in [0.05, 0.1) is 7.11 Å². The van der Waals surface area contributed by atoms with Crippen LogP contribution in [0.15, 0.2) is 30.3 Å². The second-order valence-electron chi connectivity index (χ2n) is 4.59. The van der Waals surface area contributed by atoms with Crippen LogP contribution in [0.4, 0.5) is 5.69 Å². The van der Waals surface area contributed by atoms with E-state index in [1.54, 1.807) is 0 Å². The van der Waals surface area contributed by atoms with Crippen molar-refractivity contribution in [2.75, 3.05) is 25.1 Å². The maximum absolute atomic E-state index is 11.3. The van der Waals surface area contributed by atoms with Crippen molar-refractivity contribution in [2.45, 2.75) is 32.2 Å². The molecule has 106 valence electrons. The molecule has 0 aliphatic heterocycles. The van der Waals surface area contributed by atoms with E-state index in [0.717, 1.165) is 25.9 Å². The van der Waals surface area contributed by atoms with Crippen LogP contribution >= 0.6 is 0 Å². The van der Waals surface area contributed by atoms with E-state index in [-0.39, 0.29) is 5.97 Å². The molecule has 0 bridgehead atoms. The highest BCUT2D eigenvalue weighted by molar-refractivity contribution is 5.75. The fourth-order valence-electron chi connectivity index (χ4n) is 1.92. The molecule has 0 aliphatic carbocycles. The monoisotopic (exact) mass is 264 g/mol. The molecule has 4 nitrogen and oxygen atoms in total. The largest absolute Gasteiger partial charge is 0.468 e. The van der Waals surface area contributed by atoms with Gasteiger partial charge in [-0.15, -0.1) is 0 Å². The van der Waals surface area contributed by atoms with Crippen LogP contribution in [0, 0.1) is 0 Å². The van der Waals surface area contributed by atoms with Crippen LogP contribution < -0.4 is 10.6 Å². The maximum Gasteiger partial charge on any atom is 0.322 e. The topological polar surface area (TPSA) is 55.6 Å². The Morgan fingerprint density at radius 3 is 2.58 bits per heavy atom. The maximum atomic E-state index is 11.3. The van der Waals surface area contributed by atoms with Crippen molar-refractivity contribution in [3.05, 3.63) is 30.3 Å². The molecule has 1 aromatic carbocycles. The summed E-state index contributed by atoms with van der Waals surface area (Å²) < 4.78 is 4.65. The Labute approximate surface area is 115 Å². The average Bonchev–Trinajstić information content (AvgIpc) is 2.47. The zero-order chi connectivity index (χ0) is 14.1. The standard InChI is InChI=1S/C15H24N2O2/c1-3-4-11-17(13-8-6-5-7-9-13)12-10-14(16)15(18)19-2/h5-9,14H,3-4,10-12,16H2,1-2H3. The number of unbranched alkanes of at least 4 members (excludes halogenated alkanes) is 1. The Balaban J connectivity index is 2.58. The third kappa shape index (κ3) is 5.30. The van der Waals surface area contributed by atoms with Gasteiger partial charge in [-0.2, -0.15) is 0 Å². The van der Waals surface area contributed by atoms with Crippen molar-refractivity contribution in [3.8, 4) is 0 Å². The number of benzene rings is 1. The Kier molecular flexibility index (Phi) is 6.97. The number of esters is 1. The van der Waals surface area contributed by atoms with Crippen LogP contribution in [0.1, 0.15) is 26.2 Å². The number of methoxy groups -OCH3 is 1. The third-order valence-electron chi connectivity index (χ3n) is 3.12. The highest BCUT2D eigenvalue weighted by Gasteiger charge is 2.15. The molecule has 19 heavy (non-hydrogen) atoms. The first-order valence-electron chi connectivity index (χ1n) is 6.82. The molecular weight excluding hydrogens is 240 g/mol. The molecule has 0 spiro atoms. The molecule has 0 aliphatic rings. The lowest BCUT2D eigenvalue weighted by Gasteiger charge is -2.25. The number of nitrogens with zero attached hydrogens (tertiary/aromatic N) is 1. The number of anilines is 1. The van der Waals surface area contributed by atoms with Crippen LogP contribution in [-0.4, -0.2) is 32.2 Å². The van der Waals surface area contributed by atoms with Crippen LogP contribution in [0.3, 0.4) is 0 Å². The summed E-state index contributed by atoms with van der Waals surface area (Å²) in [7, 11) is 1.37. The Hall–Kier alpha value is -1.55. The summed E-state index contributed by atoms with van der Waals surface area (Å²) in [6.07, 6.45) is 2.88. The van der Waals surface area contributed by atoms with E-state index in [9.17, 15) is 4.79 Å². The fourth-order valence-corrected chi connectivity index (χ4v) is 1.92. The minimum atomic E-state index is -0.544. The van der Waals surface area contributed by atoms with Gasteiger partial charge in [0.2, 0.25) is 0 Å². The van der Waals surface area contributed by atoms with Gasteiger partial charge in [0, 0.05) is 18.8 Å². The van der Waals surface area contributed by atoms with Crippen molar-refractivity contribution in [3.63, 3.8) is 0 Å². The van der Waals surface area contributed by atoms with Crippen molar-refractivity contribution >= 4 is 11.7 Å². The van der Waals surface area contributed by atoms with Gasteiger partial charge in [-0.1, -0.05) is 31.5 Å². The number of rotatable bonds is 8. The number of ether oxygens (including phenoxy) is 1. The summed E-state index contributed by atoms with van der Waals surface area (Å²) in [5, 5.41) is 0. The Bertz CT molecular complexity index is 368. The normalized spacial score (nSPS) is 11.9. The Morgan fingerprint density at radius 1 is 1.32 bits per heavy atom. The van der Waals surface area contributed by atoms with E-state index in [4.69, 9.17) is 5.73 Å². The van der Waals surface area contributed by atoms with Gasteiger partial charge >= 0.3 is 5.97 Å². The summed E-state index contributed by atoms with van der Waals surface area (Å²) in [6, 6.07) is 9.67. The Morgan fingerprint density at radius 2 is 2.00 bits per heavy atom. The SMILES string of the molecule is CCCCN(CCC(N)C(=O)OC)c1ccccc1. The fraction of sp³-hybridized carbons (Fsp3) is 0.533. The van der Waals surface area contributed by atoms with E-state index in [1.165, 1.54) is 12.8 Å². The minimum Gasteiger partial charge on any atom is -0.468 e. The van der Waals surface area contributed by atoms with Gasteiger partial charge in [0.1, 0.15) is 6.04 Å². The van der Waals surface area contributed by atoms with Crippen molar-refractivity contribution in [2.24, 2.45) is 5.73 Å². The molecule has 0 radical (unpaired) electrons. The van der Waals surface area contributed by atoms with Gasteiger partial charge in [-0.05, 0) is 25.0 Å². The van der Waals surface area contributed by atoms with Gasteiger partial charge in [-0.25, -0.2) is 0 Å². The minimum absolute atomic E-state index is 0.344. The number of hydrogen-bond donors (Lipinski definition) is 1. The van der Waals surface area contributed by atoms with Crippen LogP contribution in [0.2, 0.25) is 0 Å². The van der Waals surface area contributed by atoms with E-state index < -0.39 is 6.04 Å². The van der Waals surface area contributed by atoms with Gasteiger partial charge in [-0.3, -0.25) is 4.79 Å². The smallest absolute Gasteiger partial charge is 0.322 e. The molecule has 1 atom stereocenters. The number of carbonyl (C=O) groups excluding carboxylic acids is 1. The van der Waals surface area contributed by atoms with Crippen molar-refractivity contribution in [1.82, 2.24) is 0 Å². The van der Waals surface area contributed by atoms with Crippen molar-refractivity contribution < 1.29 is 9.53 Å².